The summed E-state index contributed by atoms with van der Waals surface area (Å²) in [5.41, 5.74) is 0. The molecule has 0 spiro atoms. The summed E-state index contributed by atoms with van der Waals surface area (Å²) in [6.07, 6.45) is 0.944. The van der Waals surface area contributed by atoms with Crippen LogP contribution in [0.15, 0.2) is 6.07 Å². The normalized spacial score (nSPS) is 11.2. The first-order chi connectivity index (χ1) is 9.52. The molecule has 1 N–H and O–H groups in total. The Balaban J connectivity index is 2.71. The lowest BCUT2D eigenvalue weighted by atomic mass is 10.2. The van der Waals surface area contributed by atoms with Gasteiger partial charge in [0.2, 0.25) is 5.88 Å². The van der Waals surface area contributed by atoms with Crippen molar-refractivity contribution in [1.82, 2.24) is 9.97 Å². The van der Waals surface area contributed by atoms with Crippen LogP contribution >= 0.6 is 0 Å². The number of ether oxygens (including phenoxy) is 2. The third-order valence-corrected chi connectivity index (χ3v) is 2.63. The van der Waals surface area contributed by atoms with Gasteiger partial charge in [0.25, 0.3) is 0 Å². The molecule has 0 aromatic carbocycles. The SMILES string of the molecule is COCCCNc1cc(OCC(C)C)nc(C(C)C)n1. The highest BCUT2D eigenvalue weighted by Crippen LogP contribution is 2.19. The smallest absolute Gasteiger partial charge is 0.218 e. The third kappa shape index (κ3) is 6.19. The second-order valence-electron chi connectivity index (χ2n) is 5.58. The van der Waals surface area contributed by atoms with Crippen LogP contribution < -0.4 is 10.1 Å². The lowest BCUT2D eigenvalue weighted by Crippen LogP contribution is -2.11. The number of nitrogens with zero attached hydrogens (tertiary/aromatic N) is 2. The van der Waals surface area contributed by atoms with E-state index >= 15 is 0 Å². The summed E-state index contributed by atoms with van der Waals surface area (Å²) in [5, 5.41) is 3.29. The Labute approximate surface area is 122 Å². The highest BCUT2D eigenvalue weighted by molar-refractivity contribution is 5.38. The van der Waals surface area contributed by atoms with Gasteiger partial charge in [-0.25, -0.2) is 4.98 Å². The molecule has 114 valence electrons. The van der Waals surface area contributed by atoms with Crippen LogP contribution in [0.25, 0.3) is 0 Å². The van der Waals surface area contributed by atoms with E-state index in [2.05, 4.69) is 43.0 Å². The maximum absolute atomic E-state index is 5.71. The second kappa shape index (κ2) is 8.74. The Hall–Kier alpha value is -1.36. The average Bonchev–Trinajstić information content (AvgIpc) is 2.41. The lowest BCUT2D eigenvalue weighted by Gasteiger charge is -2.13. The molecule has 1 heterocycles. The number of anilines is 1. The first-order valence-electron chi connectivity index (χ1n) is 7.27. The van der Waals surface area contributed by atoms with E-state index in [-0.39, 0.29) is 5.92 Å². The number of hydrogen-bond donors (Lipinski definition) is 1. The molecule has 0 amide bonds. The highest BCUT2D eigenvalue weighted by atomic mass is 16.5. The molecule has 1 aromatic heterocycles. The Kier molecular flexibility index (Phi) is 7.30. The Morgan fingerprint density at radius 1 is 1.20 bits per heavy atom. The van der Waals surface area contributed by atoms with Crippen LogP contribution in [0.4, 0.5) is 5.82 Å². The van der Waals surface area contributed by atoms with Crippen molar-refractivity contribution >= 4 is 5.82 Å². The monoisotopic (exact) mass is 281 g/mol. The van der Waals surface area contributed by atoms with Gasteiger partial charge in [-0.15, -0.1) is 0 Å². The van der Waals surface area contributed by atoms with Crippen molar-refractivity contribution in [2.75, 3.05) is 32.2 Å². The zero-order valence-electron chi connectivity index (χ0n) is 13.3. The summed E-state index contributed by atoms with van der Waals surface area (Å²) in [7, 11) is 1.71. The van der Waals surface area contributed by atoms with E-state index in [4.69, 9.17) is 9.47 Å². The zero-order valence-corrected chi connectivity index (χ0v) is 13.3. The quantitative estimate of drug-likeness (QED) is 0.705. The van der Waals surface area contributed by atoms with Crippen LogP contribution in [-0.2, 0) is 4.74 Å². The van der Waals surface area contributed by atoms with E-state index in [1.807, 2.05) is 6.07 Å². The largest absolute Gasteiger partial charge is 0.477 e. The fraction of sp³-hybridized carbons (Fsp3) is 0.733. The standard InChI is InChI=1S/C15H27N3O2/c1-11(2)10-20-14-9-13(16-7-6-8-19-5)17-15(18-14)12(3)4/h9,11-12H,6-8,10H2,1-5H3,(H,16,17,18). The van der Waals surface area contributed by atoms with E-state index in [1.54, 1.807) is 7.11 Å². The molecule has 1 rings (SSSR count). The Morgan fingerprint density at radius 3 is 2.55 bits per heavy atom. The molecule has 0 fully saturated rings. The van der Waals surface area contributed by atoms with E-state index in [0.717, 1.165) is 31.2 Å². The minimum absolute atomic E-state index is 0.275. The van der Waals surface area contributed by atoms with Gasteiger partial charge in [-0.05, 0) is 12.3 Å². The van der Waals surface area contributed by atoms with Gasteiger partial charge in [-0.2, -0.15) is 4.98 Å². The maximum Gasteiger partial charge on any atom is 0.218 e. The van der Waals surface area contributed by atoms with Crippen LogP contribution in [0.1, 0.15) is 45.9 Å². The van der Waals surface area contributed by atoms with Crippen molar-refractivity contribution < 1.29 is 9.47 Å². The van der Waals surface area contributed by atoms with Crippen molar-refractivity contribution in [3.63, 3.8) is 0 Å². The first-order valence-corrected chi connectivity index (χ1v) is 7.27. The van der Waals surface area contributed by atoms with Crippen LogP contribution in [0, 0.1) is 5.92 Å². The van der Waals surface area contributed by atoms with Crippen molar-refractivity contribution in [1.29, 1.82) is 0 Å². The third-order valence-electron chi connectivity index (χ3n) is 2.63. The molecule has 20 heavy (non-hydrogen) atoms. The van der Waals surface area contributed by atoms with Crippen LogP contribution in [-0.4, -0.2) is 36.8 Å². The molecule has 0 aliphatic carbocycles. The maximum atomic E-state index is 5.71. The Bertz CT molecular complexity index is 395. The van der Waals surface area contributed by atoms with Gasteiger partial charge < -0.3 is 14.8 Å². The highest BCUT2D eigenvalue weighted by Gasteiger charge is 2.09. The molecule has 0 atom stereocenters. The van der Waals surface area contributed by atoms with E-state index in [0.29, 0.717) is 18.4 Å². The molecule has 5 heteroatoms. The number of aromatic nitrogens is 2. The van der Waals surface area contributed by atoms with Crippen LogP contribution in [0.2, 0.25) is 0 Å². The van der Waals surface area contributed by atoms with Crippen molar-refractivity contribution in [2.45, 2.75) is 40.0 Å². The van der Waals surface area contributed by atoms with E-state index in [9.17, 15) is 0 Å². The van der Waals surface area contributed by atoms with E-state index < -0.39 is 0 Å². The summed E-state index contributed by atoms with van der Waals surface area (Å²) in [6.45, 7) is 10.6. The summed E-state index contributed by atoms with van der Waals surface area (Å²) in [4.78, 5) is 8.97. The molecular weight excluding hydrogens is 254 g/mol. The number of methoxy groups -OCH3 is 1. The molecule has 0 aliphatic heterocycles. The van der Waals surface area contributed by atoms with Crippen molar-refractivity contribution in [3.8, 4) is 5.88 Å². The minimum Gasteiger partial charge on any atom is -0.477 e. The van der Waals surface area contributed by atoms with Gasteiger partial charge in [0, 0.05) is 32.2 Å². The molecule has 0 unspecified atom stereocenters. The van der Waals surface area contributed by atoms with Gasteiger partial charge in [-0.1, -0.05) is 27.7 Å². The predicted molar refractivity (Wildman–Crippen MR) is 81.4 cm³/mol. The summed E-state index contributed by atoms with van der Waals surface area (Å²) < 4.78 is 10.7. The summed E-state index contributed by atoms with van der Waals surface area (Å²) in [6, 6.07) is 1.86. The molecule has 0 saturated heterocycles. The predicted octanol–water partition coefficient (Wildman–Crippen LogP) is 3.08. The van der Waals surface area contributed by atoms with Gasteiger partial charge >= 0.3 is 0 Å². The van der Waals surface area contributed by atoms with Crippen LogP contribution in [0.5, 0.6) is 5.88 Å². The number of rotatable bonds is 9. The fourth-order valence-corrected chi connectivity index (χ4v) is 1.55. The van der Waals surface area contributed by atoms with Gasteiger partial charge in [-0.3, -0.25) is 0 Å². The molecule has 1 aromatic rings. The number of hydrogen-bond acceptors (Lipinski definition) is 5. The minimum atomic E-state index is 0.275. The topological polar surface area (TPSA) is 56.3 Å². The van der Waals surface area contributed by atoms with Gasteiger partial charge in [0.1, 0.15) is 11.6 Å². The van der Waals surface area contributed by atoms with Crippen molar-refractivity contribution in [2.24, 2.45) is 5.92 Å². The van der Waals surface area contributed by atoms with Crippen LogP contribution in [0.3, 0.4) is 0 Å². The van der Waals surface area contributed by atoms with Gasteiger partial charge in [0.15, 0.2) is 0 Å². The number of nitrogens with one attached hydrogen (secondary N) is 1. The lowest BCUT2D eigenvalue weighted by molar-refractivity contribution is 0.197. The Morgan fingerprint density at radius 2 is 1.95 bits per heavy atom. The molecule has 0 aliphatic rings. The fourth-order valence-electron chi connectivity index (χ4n) is 1.55. The summed E-state index contributed by atoms with van der Waals surface area (Å²) in [5.74, 6) is 3.02. The molecular formula is C15H27N3O2. The molecule has 5 nitrogen and oxygen atoms in total. The molecule has 0 saturated carbocycles. The summed E-state index contributed by atoms with van der Waals surface area (Å²) >= 11 is 0. The first kappa shape index (κ1) is 16.7. The second-order valence-corrected chi connectivity index (χ2v) is 5.58. The molecule has 0 radical (unpaired) electrons. The van der Waals surface area contributed by atoms with E-state index in [1.165, 1.54) is 0 Å². The average molecular weight is 281 g/mol. The van der Waals surface area contributed by atoms with Gasteiger partial charge in [0.05, 0.1) is 6.61 Å². The molecule has 0 bridgehead atoms. The zero-order chi connectivity index (χ0) is 15.0. The van der Waals surface area contributed by atoms with Crippen molar-refractivity contribution in [3.05, 3.63) is 11.9 Å².